The first-order chi connectivity index (χ1) is 10.3. The third-order valence-corrected chi connectivity index (χ3v) is 4.26. The molecule has 1 heterocycles. The summed E-state index contributed by atoms with van der Waals surface area (Å²) < 4.78 is 5.60. The molecule has 1 aromatic heterocycles. The SMILES string of the molecule is CC(C)CCOCCNCc1cc(-c2ccccc2)cs1. The first-order valence-electron chi connectivity index (χ1n) is 7.67. The number of benzene rings is 1. The normalized spacial score (nSPS) is 11.2. The Hall–Kier alpha value is -1.16. The van der Waals surface area contributed by atoms with Crippen LogP contribution in [0.1, 0.15) is 25.1 Å². The van der Waals surface area contributed by atoms with Gasteiger partial charge in [-0.3, -0.25) is 0 Å². The van der Waals surface area contributed by atoms with Gasteiger partial charge in [0.15, 0.2) is 0 Å². The van der Waals surface area contributed by atoms with Gasteiger partial charge in [0.05, 0.1) is 6.61 Å². The van der Waals surface area contributed by atoms with Gasteiger partial charge < -0.3 is 10.1 Å². The van der Waals surface area contributed by atoms with Gasteiger partial charge in [-0.1, -0.05) is 44.2 Å². The van der Waals surface area contributed by atoms with Crippen LogP contribution in [-0.4, -0.2) is 19.8 Å². The van der Waals surface area contributed by atoms with Crippen molar-refractivity contribution in [3.05, 3.63) is 46.7 Å². The van der Waals surface area contributed by atoms with E-state index < -0.39 is 0 Å². The molecule has 2 aromatic rings. The third kappa shape index (κ3) is 6.00. The van der Waals surface area contributed by atoms with E-state index in [4.69, 9.17) is 4.74 Å². The van der Waals surface area contributed by atoms with Crippen LogP contribution in [0.4, 0.5) is 0 Å². The van der Waals surface area contributed by atoms with E-state index in [0.717, 1.165) is 38.6 Å². The molecule has 0 saturated carbocycles. The lowest BCUT2D eigenvalue weighted by Gasteiger charge is -2.07. The van der Waals surface area contributed by atoms with Gasteiger partial charge in [-0.2, -0.15) is 0 Å². The summed E-state index contributed by atoms with van der Waals surface area (Å²) in [6.07, 6.45) is 1.14. The number of thiophene rings is 1. The highest BCUT2D eigenvalue weighted by atomic mass is 32.1. The summed E-state index contributed by atoms with van der Waals surface area (Å²) >= 11 is 1.81. The average Bonchev–Trinajstić information content (AvgIpc) is 2.96. The van der Waals surface area contributed by atoms with Crippen LogP contribution in [0.3, 0.4) is 0 Å². The zero-order valence-electron chi connectivity index (χ0n) is 13.0. The topological polar surface area (TPSA) is 21.3 Å². The molecule has 0 amide bonds. The number of nitrogens with one attached hydrogen (secondary N) is 1. The highest BCUT2D eigenvalue weighted by Crippen LogP contribution is 2.25. The molecule has 0 aliphatic rings. The van der Waals surface area contributed by atoms with Gasteiger partial charge in [-0.15, -0.1) is 11.3 Å². The zero-order chi connectivity index (χ0) is 14.9. The van der Waals surface area contributed by atoms with Gasteiger partial charge in [0, 0.05) is 24.6 Å². The Morgan fingerprint density at radius 3 is 2.67 bits per heavy atom. The van der Waals surface area contributed by atoms with Crippen molar-refractivity contribution >= 4 is 11.3 Å². The first-order valence-corrected chi connectivity index (χ1v) is 8.55. The molecule has 3 heteroatoms. The molecule has 0 fully saturated rings. The van der Waals surface area contributed by atoms with E-state index in [1.54, 1.807) is 0 Å². The number of hydrogen-bond acceptors (Lipinski definition) is 3. The molecule has 0 unspecified atom stereocenters. The zero-order valence-corrected chi connectivity index (χ0v) is 13.8. The summed E-state index contributed by atoms with van der Waals surface area (Å²) in [5.41, 5.74) is 2.60. The van der Waals surface area contributed by atoms with Crippen LogP contribution >= 0.6 is 11.3 Å². The van der Waals surface area contributed by atoms with Crippen LogP contribution in [-0.2, 0) is 11.3 Å². The third-order valence-electron chi connectivity index (χ3n) is 3.32. The van der Waals surface area contributed by atoms with Crippen molar-refractivity contribution in [2.75, 3.05) is 19.8 Å². The minimum absolute atomic E-state index is 0.723. The van der Waals surface area contributed by atoms with Crippen molar-refractivity contribution in [3.63, 3.8) is 0 Å². The van der Waals surface area contributed by atoms with Crippen LogP contribution < -0.4 is 5.32 Å². The molecule has 2 rings (SSSR count). The van der Waals surface area contributed by atoms with Crippen molar-refractivity contribution in [1.29, 1.82) is 0 Å². The van der Waals surface area contributed by atoms with Gasteiger partial charge in [0.25, 0.3) is 0 Å². The van der Waals surface area contributed by atoms with E-state index in [9.17, 15) is 0 Å². The second kappa shape index (κ2) is 8.98. The molecule has 0 aliphatic heterocycles. The fraction of sp³-hybridized carbons (Fsp3) is 0.444. The smallest absolute Gasteiger partial charge is 0.0591 e. The summed E-state index contributed by atoms with van der Waals surface area (Å²) in [5.74, 6) is 0.723. The summed E-state index contributed by atoms with van der Waals surface area (Å²) in [5, 5.41) is 5.67. The minimum Gasteiger partial charge on any atom is -0.380 e. The highest BCUT2D eigenvalue weighted by Gasteiger charge is 2.01. The predicted octanol–water partition coefficient (Wildman–Crippen LogP) is 4.57. The van der Waals surface area contributed by atoms with Gasteiger partial charge in [0.2, 0.25) is 0 Å². The lowest BCUT2D eigenvalue weighted by molar-refractivity contribution is 0.125. The molecular weight excluding hydrogens is 278 g/mol. The number of ether oxygens (including phenoxy) is 1. The largest absolute Gasteiger partial charge is 0.380 e. The fourth-order valence-corrected chi connectivity index (χ4v) is 2.90. The highest BCUT2D eigenvalue weighted by molar-refractivity contribution is 7.10. The minimum atomic E-state index is 0.723. The monoisotopic (exact) mass is 303 g/mol. The van der Waals surface area contributed by atoms with Gasteiger partial charge >= 0.3 is 0 Å². The molecule has 1 N–H and O–H groups in total. The van der Waals surface area contributed by atoms with Crippen molar-refractivity contribution in [2.45, 2.75) is 26.8 Å². The maximum absolute atomic E-state index is 5.60. The number of hydrogen-bond donors (Lipinski definition) is 1. The molecule has 1 aromatic carbocycles. The summed E-state index contributed by atoms with van der Waals surface area (Å²) in [6, 6.07) is 12.8. The maximum Gasteiger partial charge on any atom is 0.0591 e. The van der Waals surface area contributed by atoms with Gasteiger partial charge in [-0.25, -0.2) is 0 Å². The van der Waals surface area contributed by atoms with Crippen molar-refractivity contribution in [2.24, 2.45) is 5.92 Å². The van der Waals surface area contributed by atoms with E-state index >= 15 is 0 Å². The van der Waals surface area contributed by atoms with Crippen LogP contribution in [0.2, 0.25) is 0 Å². The molecule has 0 aliphatic carbocycles. The molecule has 0 spiro atoms. The van der Waals surface area contributed by atoms with Crippen molar-refractivity contribution in [3.8, 4) is 11.1 Å². The van der Waals surface area contributed by atoms with Crippen LogP contribution in [0, 0.1) is 5.92 Å². The quantitative estimate of drug-likeness (QED) is 0.685. The van der Waals surface area contributed by atoms with Crippen molar-refractivity contribution < 1.29 is 4.74 Å². The van der Waals surface area contributed by atoms with E-state index in [-0.39, 0.29) is 0 Å². The molecule has 21 heavy (non-hydrogen) atoms. The average molecular weight is 303 g/mol. The lowest BCUT2D eigenvalue weighted by Crippen LogP contribution is -2.19. The summed E-state index contributed by atoms with van der Waals surface area (Å²) in [4.78, 5) is 1.37. The lowest BCUT2D eigenvalue weighted by atomic mass is 10.1. The second-order valence-electron chi connectivity index (χ2n) is 5.64. The Labute approximate surface area is 132 Å². The summed E-state index contributed by atoms with van der Waals surface area (Å²) in [6.45, 7) is 7.95. The maximum atomic E-state index is 5.60. The summed E-state index contributed by atoms with van der Waals surface area (Å²) in [7, 11) is 0. The molecule has 2 nitrogen and oxygen atoms in total. The van der Waals surface area contributed by atoms with Crippen LogP contribution in [0.15, 0.2) is 41.8 Å². The van der Waals surface area contributed by atoms with Crippen LogP contribution in [0.5, 0.6) is 0 Å². The molecular formula is C18H25NOS. The van der Waals surface area contributed by atoms with Crippen molar-refractivity contribution in [1.82, 2.24) is 5.32 Å². The molecule has 0 bridgehead atoms. The van der Waals surface area contributed by atoms with E-state index in [2.05, 4.69) is 60.9 Å². The van der Waals surface area contributed by atoms with E-state index in [0.29, 0.717) is 0 Å². The second-order valence-corrected chi connectivity index (χ2v) is 6.64. The van der Waals surface area contributed by atoms with E-state index in [1.807, 2.05) is 11.3 Å². The molecule has 0 radical (unpaired) electrons. The Bertz CT molecular complexity index is 507. The Kier molecular flexibility index (Phi) is 6.93. The molecule has 0 saturated heterocycles. The Balaban J connectivity index is 1.65. The van der Waals surface area contributed by atoms with E-state index in [1.165, 1.54) is 16.0 Å². The number of rotatable bonds is 9. The van der Waals surface area contributed by atoms with Gasteiger partial charge in [-0.05, 0) is 34.9 Å². The standard InChI is InChI=1S/C18H25NOS/c1-15(2)8-10-20-11-9-19-13-18-12-17(14-21-18)16-6-4-3-5-7-16/h3-7,12,14-15,19H,8-11,13H2,1-2H3. The molecule has 0 atom stereocenters. The Morgan fingerprint density at radius 1 is 1.10 bits per heavy atom. The predicted molar refractivity (Wildman–Crippen MR) is 91.7 cm³/mol. The van der Waals surface area contributed by atoms with Crippen LogP contribution in [0.25, 0.3) is 11.1 Å². The van der Waals surface area contributed by atoms with Gasteiger partial charge in [0.1, 0.15) is 0 Å². The Morgan fingerprint density at radius 2 is 1.90 bits per heavy atom. The fourth-order valence-electron chi connectivity index (χ4n) is 2.03. The molecule has 114 valence electrons. The first kappa shape index (κ1) is 16.2.